The first-order chi connectivity index (χ1) is 10.1. The van der Waals surface area contributed by atoms with E-state index in [9.17, 15) is 0 Å². The van der Waals surface area contributed by atoms with Crippen molar-refractivity contribution in [1.82, 2.24) is 15.1 Å². The molecule has 0 bridgehead atoms. The third-order valence-corrected chi connectivity index (χ3v) is 4.29. The summed E-state index contributed by atoms with van der Waals surface area (Å²) in [5.41, 5.74) is 2.66. The van der Waals surface area contributed by atoms with Crippen molar-refractivity contribution in [2.75, 3.05) is 13.6 Å². The first-order valence-electron chi connectivity index (χ1n) is 7.85. The molecule has 1 unspecified atom stereocenters. The number of rotatable bonds is 7. The van der Waals surface area contributed by atoms with Gasteiger partial charge in [-0.3, -0.25) is 4.68 Å². The van der Waals surface area contributed by atoms with Crippen LogP contribution in [0.15, 0.2) is 42.6 Å². The van der Waals surface area contributed by atoms with Crippen LogP contribution in [0.1, 0.15) is 44.5 Å². The van der Waals surface area contributed by atoms with Crippen molar-refractivity contribution in [1.29, 1.82) is 0 Å². The van der Waals surface area contributed by atoms with Crippen LogP contribution in [0, 0.1) is 0 Å². The number of benzene rings is 1. The number of likely N-dealkylation sites (N-methyl/N-ethyl adjacent to an activating group) is 1. The molecule has 0 aliphatic carbocycles. The summed E-state index contributed by atoms with van der Waals surface area (Å²) in [4.78, 5) is 0. The molecular weight excluding hydrogens is 258 g/mol. The highest BCUT2D eigenvalue weighted by Crippen LogP contribution is 2.31. The third-order valence-electron chi connectivity index (χ3n) is 4.29. The summed E-state index contributed by atoms with van der Waals surface area (Å²) >= 11 is 0. The number of nitrogens with zero attached hydrogens (tertiary/aromatic N) is 2. The normalized spacial score (nSPS) is 14.3. The first kappa shape index (κ1) is 15.8. The van der Waals surface area contributed by atoms with E-state index in [0.717, 1.165) is 19.4 Å². The number of hydrogen-bond acceptors (Lipinski definition) is 2. The predicted molar refractivity (Wildman–Crippen MR) is 88.7 cm³/mol. The van der Waals surface area contributed by atoms with E-state index in [0.29, 0.717) is 6.04 Å². The van der Waals surface area contributed by atoms with E-state index in [-0.39, 0.29) is 5.41 Å². The molecular formula is C18H27N3. The van der Waals surface area contributed by atoms with E-state index in [1.165, 1.54) is 11.3 Å². The monoisotopic (exact) mass is 285 g/mol. The Kier molecular flexibility index (Phi) is 5.18. The highest BCUT2D eigenvalue weighted by atomic mass is 15.3. The van der Waals surface area contributed by atoms with E-state index in [2.05, 4.69) is 68.7 Å². The van der Waals surface area contributed by atoms with E-state index >= 15 is 0 Å². The standard InChI is InChI=1S/C18H27N3/c1-5-18(14-19-4,16-9-7-6-8-10-16)13-17-11-12-21(20-17)15(2)3/h6-12,15,19H,5,13-14H2,1-4H3. The summed E-state index contributed by atoms with van der Waals surface area (Å²) in [5, 5.41) is 8.11. The third kappa shape index (κ3) is 3.53. The predicted octanol–water partition coefficient (Wildman–Crippen LogP) is 3.57. The van der Waals surface area contributed by atoms with E-state index in [1.54, 1.807) is 0 Å². The van der Waals surface area contributed by atoms with Crippen LogP contribution >= 0.6 is 0 Å². The number of aromatic nitrogens is 2. The van der Waals surface area contributed by atoms with Gasteiger partial charge in [0.05, 0.1) is 5.69 Å². The zero-order valence-electron chi connectivity index (χ0n) is 13.6. The lowest BCUT2D eigenvalue weighted by Crippen LogP contribution is -2.38. The average molecular weight is 285 g/mol. The van der Waals surface area contributed by atoms with Gasteiger partial charge in [-0.2, -0.15) is 5.10 Å². The minimum Gasteiger partial charge on any atom is -0.319 e. The summed E-state index contributed by atoms with van der Waals surface area (Å²) in [5.74, 6) is 0. The smallest absolute Gasteiger partial charge is 0.0634 e. The van der Waals surface area contributed by atoms with Crippen LogP contribution in [0.5, 0.6) is 0 Å². The molecule has 0 saturated carbocycles. The SMILES string of the molecule is CCC(CNC)(Cc1ccn(C(C)C)n1)c1ccccc1. The second kappa shape index (κ2) is 6.90. The molecule has 0 spiro atoms. The maximum atomic E-state index is 4.74. The van der Waals surface area contributed by atoms with Gasteiger partial charge < -0.3 is 5.32 Å². The van der Waals surface area contributed by atoms with E-state index in [1.807, 2.05) is 11.7 Å². The van der Waals surface area contributed by atoms with Gasteiger partial charge in [-0.25, -0.2) is 0 Å². The topological polar surface area (TPSA) is 29.9 Å². The van der Waals surface area contributed by atoms with Crippen molar-refractivity contribution < 1.29 is 0 Å². The molecule has 0 amide bonds. The quantitative estimate of drug-likeness (QED) is 0.843. The fraction of sp³-hybridized carbons (Fsp3) is 0.500. The van der Waals surface area contributed by atoms with Gasteiger partial charge in [0.2, 0.25) is 0 Å². The first-order valence-corrected chi connectivity index (χ1v) is 7.85. The van der Waals surface area contributed by atoms with E-state index in [4.69, 9.17) is 5.10 Å². The van der Waals surface area contributed by atoms with Gasteiger partial charge >= 0.3 is 0 Å². The molecule has 3 nitrogen and oxygen atoms in total. The second-order valence-corrected chi connectivity index (χ2v) is 6.09. The zero-order chi connectivity index (χ0) is 15.3. The van der Waals surface area contributed by atoms with Gasteiger partial charge in [0.15, 0.2) is 0 Å². The van der Waals surface area contributed by atoms with Gasteiger partial charge in [0, 0.05) is 30.6 Å². The molecule has 1 atom stereocenters. The van der Waals surface area contributed by atoms with Crippen molar-refractivity contribution in [3.05, 3.63) is 53.9 Å². The number of hydrogen-bond donors (Lipinski definition) is 1. The summed E-state index contributed by atoms with van der Waals surface area (Å²) in [6, 6.07) is 13.4. The molecule has 0 saturated heterocycles. The summed E-state index contributed by atoms with van der Waals surface area (Å²) in [6.45, 7) is 7.55. The van der Waals surface area contributed by atoms with Crippen molar-refractivity contribution in [2.24, 2.45) is 0 Å². The van der Waals surface area contributed by atoms with Crippen LogP contribution < -0.4 is 5.32 Å². The van der Waals surface area contributed by atoms with Crippen LogP contribution in [0.4, 0.5) is 0 Å². The Balaban J connectivity index is 2.31. The Morgan fingerprint density at radius 1 is 1.19 bits per heavy atom. The average Bonchev–Trinajstić information content (AvgIpc) is 2.96. The van der Waals surface area contributed by atoms with Crippen LogP contribution in [-0.2, 0) is 11.8 Å². The van der Waals surface area contributed by atoms with Gasteiger partial charge in [-0.15, -0.1) is 0 Å². The molecule has 0 aliphatic heterocycles. The molecule has 2 rings (SSSR count). The maximum Gasteiger partial charge on any atom is 0.0634 e. The Bertz CT molecular complexity index is 545. The molecule has 0 fully saturated rings. The highest BCUT2D eigenvalue weighted by Gasteiger charge is 2.30. The molecule has 0 aliphatic rings. The van der Waals surface area contributed by atoms with Crippen LogP contribution in [0.25, 0.3) is 0 Å². The molecule has 3 heteroatoms. The molecule has 1 aromatic carbocycles. The van der Waals surface area contributed by atoms with Gasteiger partial charge in [-0.05, 0) is 38.9 Å². The molecule has 2 aromatic rings. The van der Waals surface area contributed by atoms with E-state index < -0.39 is 0 Å². The second-order valence-electron chi connectivity index (χ2n) is 6.09. The van der Waals surface area contributed by atoms with Crippen LogP contribution in [0.3, 0.4) is 0 Å². The van der Waals surface area contributed by atoms with Crippen LogP contribution in [-0.4, -0.2) is 23.4 Å². The molecule has 1 aromatic heterocycles. The zero-order valence-corrected chi connectivity index (χ0v) is 13.6. The molecule has 1 heterocycles. The molecule has 0 radical (unpaired) electrons. The lowest BCUT2D eigenvalue weighted by Gasteiger charge is -2.33. The fourth-order valence-corrected chi connectivity index (χ4v) is 2.96. The lowest BCUT2D eigenvalue weighted by molar-refractivity contribution is 0.383. The minimum absolute atomic E-state index is 0.103. The summed E-state index contributed by atoms with van der Waals surface area (Å²) < 4.78 is 2.04. The van der Waals surface area contributed by atoms with Gasteiger partial charge in [0.25, 0.3) is 0 Å². The summed E-state index contributed by atoms with van der Waals surface area (Å²) in [7, 11) is 2.03. The van der Waals surface area contributed by atoms with Crippen molar-refractivity contribution in [3.63, 3.8) is 0 Å². The van der Waals surface area contributed by atoms with Crippen molar-refractivity contribution >= 4 is 0 Å². The largest absolute Gasteiger partial charge is 0.319 e. The lowest BCUT2D eigenvalue weighted by atomic mass is 9.74. The number of nitrogens with one attached hydrogen (secondary N) is 1. The summed E-state index contributed by atoms with van der Waals surface area (Å²) in [6.07, 6.45) is 4.14. The van der Waals surface area contributed by atoms with Gasteiger partial charge in [-0.1, -0.05) is 37.3 Å². The molecule has 1 N–H and O–H groups in total. The highest BCUT2D eigenvalue weighted by molar-refractivity contribution is 5.28. The van der Waals surface area contributed by atoms with Crippen molar-refractivity contribution in [3.8, 4) is 0 Å². The Morgan fingerprint density at radius 3 is 2.43 bits per heavy atom. The Hall–Kier alpha value is -1.61. The fourth-order valence-electron chi connectivity index (χ4n) is 2.96. The van der Waals surface area contributed by atoms with Crippen molar-refractivity contribution in [2.45, 2.75) is 45.1 Å². The molecule has 114 valence electrons. The minimum atomic E-state index is 0.103. The van der Waals surface area contributed by atoms with Gasteiger partial charge in [0.1, 0.15) is 0 Å². The maximum absolute atomic E-state index is 4.74. The molecule has 21 heavy (non-hydrogen) atoms. The Morgan fingerprint density at radius 2 is 1.90 bits per heavy atom. The Labute approximate surface area is 128 Å². The van der Waals surface area contributed by atoms with Crippen LogP contribution in [0.2, 0.25) is 0 Å².